The molecule has 4 nitrogen and oxygen atoms in total. The Labute approximate surface area is 77.6 Å². The van der Waals surface area contributed by atoms with Gasteiger partial charge in [0.15, 0.2) is 0 Å². The molecule has 0 aromatic rings. The van der Waals surface area contributed by atoms with Crippen molar-refractivity contribution in [1.82, 2.24) is 10.2 Å². The summed E-state index contributed by atoms with van der Waals surface area (Å²) in [6, 6.07) is -0.320. The second-order valence-corrected chi connectivity index (χ2v) is 2.98. The van der Waals surface area contributed by atoms with Crippen LogP contribution in [0.25, 0.3) is 0 Å². The van der Waals surface area contributed by atoms with Gasteiger partial charge in [-0.3, -0.25) is 9.59 Å². The van der Waals surface area contributed by atoms with Gasteiger partial charge in [-0.05, 0) is 6.42 Å². The molecule has 0 spiro atoms. The number of hydrogen-bond acceptors (Lipinski definition) is 2. The minimum Gasteiger partial charge on any atom is -0.345 e. The van der Waals surface area contributed by atoms with E-state index in [-0.39, 0.29) is 24.4 Å². The van der Waals surface area contributed by atoms with Crippen LogP contribution in [0.3, 0.4) is 0 Å². The SMILES string of the molecule is C=CCN1C(=O)CNC(=O)C1CC. The third-order valence-electron chi connectivity index (χ3n) is 2.13. The summed E-state index contributed by atoms with van der Waals surface area (Å²) in [5.74, 6) is -0.102. The quantitative estimate of drug-likeness (QED) is 0.620. The first-order valence-corrected chi connectivity index (χ1v) is 4.38. The van der Waals surface area contributed by atoms with E-state index >= 15 is 0 Å². The molecular weight excluding hydrogens is 168 g/mol. The maximum atomic E-state index is 11.4. The van der Waals surface area contributed by atoms with Gasteiger partial charge in [-0.1, -0.05) is 13.0 Å². The van der Waals surface area contributed by atoms with Crippen LogP contribution in [-0.2, 0) is 9.59 Å². The Kier molecular flexibility index (Phi) is 3.06. The number of rotatable bonds is 3. The van der Waals surface area contributed by atoms with E-state index in [9.17, 15) is 9.59 Å². The molecule has 0 radical (unpaired) electrons. The van der Waals surface area contributed by atoms with Gasteiger partial charge >= 0.3 is 0 Å². The Bertz CT molecular complexity index is 238. The van der Waals surface area contributed by atoms with Gasteiger partial charge in [0.25, 0.3) is 0 Å². The van der Waals surface area contributed by atoms with E-state index in [1.54, 1.807) is 11.0 Å². The van der Waals surface area contributed by atoms with Crippen molar-refractivity contribution in [3.05, 3.63) is 12.7 Å². The molecule has 1 N–H and O–H groups in total. The Morgan fingerprint density at radius 1 is 1.69 bits per heavy atom. The van der Waals surface area contributed by atoms with E-state index in [4.69, 9.17) is 0 Å². The topological polar surface area (TPSA) is 49.4 Å². The lowest BCUT2D eigenvalue weighted by molar-refractivity contribution is -0.145. The molecule has 0 aromatic carbocycles. The zero-order chi connectivity index (χ0) is 9.84. The number of hydrogen-bond donors (Lipinski definition) is 1. The number of amides is 2. The monoisotopic (exact) mass is 182 g/mol. The van der Waals surface area contributed by atoms with Crippen LogP contribution in [0.2, 0.25) is 0 Å². The molecule has 0 aliphatic carbocycles. The lowest BCUT2D eigenvalue weighted by atomic mass is 10.1. The number of carbonyl (C=O) groups is 2. The lowest BCUT2D eigenvalue weighted by Crippen LogP contribution is -2.58. The van der Waals surface area contributed by atoms with Crippen LogP contribution < -0.4 is 5.32 Å². The van der Waals surface area contributed by atoms with E-state index in [1.165, 1.54) is 0 Å². The van der Waals surface area contributed by atoms with Crippen molar-refractivity contribution in [3.8, 4) is 0 Å². The summed E-state index contributed by atoms with van der Waals surface area (Å²) < 4.78 is 0. The normalized spacial score (nSPS) is 22.8. The molecule has 1 heterocycles. The second-order valence-electron chi connectivity index (χ2n) is 2.98. The summed E-state index contributed by atoms with van der Waals surface area (Å²) in [5, 5.41) is 2.56. The molecule has 0 aromatic heterocycles. The first-order valence-electron chi connectivity index (χ1n) is 4.38. The van der Waals surface area contributed by atoms with Crippen molar-refractivity contribution in [2.75, 3.05) is 13.1 Å². The van der Waals surface area contributed by atoms with Crippen molar-refractivity contribution >= 4 is 11.8 Å². The predicted molar refractivity (Wildman–Crippen MR) is 49.0 cm³/mol. The third kappa shape index (κ3) is 1.88. The zero-order valence-electron chi connectivity index (χ0n) is 7.75. The van der Waals surface area contributed by atoms with Crippen LogP contribution in [0.4, 0.5) is 0 Å². The lowest BCUT2D eigenvalue weighted by Gasteiger charge is -2.33. The van der Waals surface area contributed by atoms with Crippen molar-refractivity contribution < 1.29 is 9.59 Å². The summed E-state index contributed by atoms with van der Waals surface area (Å²) in [6.07, 6.45) is 2.28. The molecule has 13 heavy (non-hydrogen) atoms. The molecule has 1 fully saturated rings. The summed E-state index contributed by atoms with van der Waals surface area (Å²) in [4.78, 5) is 24.2. The number of piperazine rings is 1. The van der Waals surface area contributed by atoms with E-state index in [0.717, 1.165) is 0 Å². The number of nitrogens with one attached hydrogen (secondary N) is 1. The van der Waals surface area contributed by atoms with Crippen LogP contribution in [0, 0.1) is 0 Å². The predicted octanol–water partition coefficient (Wildman–Crippen LogP) is -0.0906. The van der Waals surface area contributed by atoms with Crippen molar-refractivity contribution in [1.29, 1.82) is 0 Å². The fraction of sp³-hybridized carbons (Fsp3) is 0.556. The van der Waals surface area contributed by atoms with E-state index in [0.29, 0.717) is 13.0 Å². The molecular formula is C9H14N2O2. The fourth-order valence-corrected chi connectivity index (χ4v) is 1.47. The molecule has 1 atom stereocenters. The largest absolute Gasteiger partial charge is 0.345 e. The Morgan fingerprint density at radius 3 is 2.92 bits per heavy atom. The summed E-state index contributed by atoms with van der Waals surface area (Å²) in [5.41, 5.74) is 0. The summed E-state index contributed by atoms with van der Waals surface area (Å²) in [6.45, 7) is 6.01. The Balaban J connectivity index is 2.76. The molecule has 1 saturated heterocycles. The smallest absolute Gasteiger partial charge is 0.243 e. The van der Waals surface area contributed by atoms with Gasteiger partial charge < -0.3 is 10.2 Å². The molecule has 1 aliphatic heterocycles. The standard InChI is InChI=1S/C9H14N2O2/c1-3-5-11-7(4-2)9(13)10-6-8(11)12/h3,7H,1,4-6H2,2H3,(H,10,13). The first-order chi connectivity index (χ1) is 6.20. The van der Waals surface area contributed by atoms with Crippen LogP contribution in [0.5, 0.6) is 0 Å². The second kappa shape index (κ2) is 4.07. The van der Waals surface area contributed by atoms with Gasteiger partial charge in [0.2, 0.25) is 11.8 Å². The number of nitrogens with zero attached hydrogens (tertiary/aromatic N) is 1. The summed E-state index contributed by atoms with van der Waals surface area (Å²) >= 11 is 0. The molecule has 0 bridgehead atoms. The van der Waals surface area contributed by atoms with Crippen molar-refractivity contribution in [2.24, 2.45) is 0 Å². The average molecular weight is 182 g/mol. The molecule has 4 heteroatoms. The maximum Gasteiger partial charge on any atom is 0.243 e. The van der Waals surface area contributed by atoms with Gasteiger partial charge in [0.1, 0.15) is 6.04 Å². The van der Waals surface area contributed by atoms with Gasteiger partial charge in [-0.2, -0.15) is 0 Å². The highest BCUT2D eigenvalue weighted by Crippen LogP contribution is 2.08. The van der Waals surface area contributed by atoms with Gasteiger partial charge in [-0.15, -0.1) is 6.58 Å². The van der Waals surface area contributed by atoms with E-state index in [2.05, 4.69) is 11.9 Å². The molecule has 1 aliphatic rings. The van der Waals surface area contributed by atoms with Crippen LogP contribution in [0.15, 0.2) is 12.7 Å². The maximum absolute atomic E-state index is 11.4. The van der Waals surface area contributed by atoms with Gasteiger partial charge in [0.05, 0.1) is 6.54 Å². The average Bonchev–Trinajstić information content (AvgIpc) is 2.12. The fourth-order valence-electron chi connectivity index (χ4n) is 1.47. The molecule has 2 amide bonds. The highest BCUT2D eigenvalue weighted by molar-refractivity contribution is 5.94. The van der Waals surface area contributed by atoms with Crippen molar-refractivity contribution in [2.45, 2.75) is 19.4 Å². The van der Waals surface area contributed by atoms with Crippen LogP contribution in [0.1, 0.15) is 13.3 Å². The first kappa shape index (κ1) is 9.77. The molecule has 1 rings (SSSR count). The highest BCUT2D eigenvalue weighted by Gasteiger charge is 2.31. The minimum atomic E-state index is -0.320. The molecule has 72 valence electrons. The Morgan fingerprint density at radius 2 is 2.38 bits per heavy atom. The van der Waals surface area contributed by atoms with Crippen LogP contribution in [-0.4, -0.2) is 35.8 Å². The van der Waals surface area contributed by atoms with E-state index < -0.39 is 0 Å². The van der Waals surface area contributed by atoms with Crippen LogP contribution >= 0.6 is 0 Å². The zero-order valence-corrected chi connectivity index (χ0v) is 7.75. The van der Waals surface area contributed by atoms with E-state index in [1.807, 2.05) is 6.92 Å². The summed E-state index contributed by atoms with van der Waals surface area (Å²) in [7, 11) is 0. The van der Waals surface area contributed by atoms with Gasteiger partial charge in [-0.25, -0.2) is 0 Å². The van der Waals surface area contributed by atoms with Gasteiger partial charge in [0, 0.05) is 6.54 Å². The molecule has 0 saturated carbocycles. The highest BCUT2D eigenvalue weighted by atomic mass is 16.2. The van der Waals surface area contributed by atoms with Crippen molar-refractivity contribution in [3.63, 3.8) is 0 Å². The minimum absolute atomic E-state index is 0.0358. The molecule has 1 unspecified atom stereocenters. The number of carbonyl (C=O) groups excluding carboxylic acids is 2. The third-order valence-corrected chi connectivity index (χ3v) is 2.13. The Hall–Kier alpha value is -1.32.